The normalized spacial score (nSPS) is 19.0. The fourth-order valence-corrected chi connectivity index (χ4v) is 6.16. The van der Waals surface area contributed by atoms with Gasteiger partial charge in [-0.05, 0) is 74.4 Å². The van der Waals surface area contributed by atoms with Gasteiger partial charge in [0.15, 0.2) is 11.6 Å². The van der Waals surface area contributed by atoms with Crippen LogP contribution in [0.2, 0.25) is 0 Å². The zero-order valence-corrected chi connectivity index (χ0v) is 22.5. The Bertz CT molecular complexity index is 1180. The predicted octanol–water partition coefficient (Wildman–Crippen LogP) is 6.72. The molecule has 0 aliphatic carbocycles. The van der Waals surface area contributed by atoms with Crippen molar-refractivity contribution in [3.8, 4) is 11.5 Å². The summed E-state index contributed by atoms with van der Waals surface area (Å²) in [6, 6.07) is 14.4. The van der Waals surface area contributed by atoms with E-state index in [1.807, 2.05) is 31.2 Å². The van der Waals surface area contributed by atoms with E-state index in [4.69, 9.17) is 14.5 Å². The van der Waals surface area contributed by atoms with Gasteiger partial charge in [0.25, 0.3) is 0 Å². The molecule has 3 aromatic rings. The topological polar surface area (TPSA) is 68.7 Å². The highest BCUT2D eigenvalue weighted by Gasteiger charge is 2.29. The van der Waals surface area contributed by atoms with Gasteiger partial charge in [-0.2, -0.15) is 4.89 Å². The van der Waals surface area contributed by atoms with Gasteiger partial charge in [0, 0.05) is 36.4 Å². The first-order valence-corrected chi connectivity index (χ1v) is 14.2. The molecule has 0 radical (unpaired) electrons. The molecule has 2 aliphatic rings. The first-order chi connectivity index (χ1) is 18.2. The molecule has 0 bridgehead atoms. The van der Waals surface area contributed by atoms with E-state index in [1.165, 1.54) is 29.7 Å². The fourth-order valence-electron chi connectivity index (χ4n) is 5.29. The maximum absolute atomic E-state index is 6.09. The summed E-state index contributed by atoms with van der Waals surface area (Å²) in [4.78, 5) is 23.0. The van der Waals surface area contributed by atoms with Gasteiger partial charge in [0.2, 0.25) is 0 Å². The molecule has 1 aromatic heterocycles. The maximum atomic E-state index is 6.09. The summed E-state index contributed by atoms with van der Waals surface area (Å²) in [5.74, 6) is 3.73. The highest BCUT2D eigenvalue weighted by atomic mass is 32.2. The van der Waals surface area contributed by atoms with Crippen LogP contribution in [0.3, 0.4) is 0 Å². The number of fused-ring (bicyclic) bond motifs is 2. The van der Waals surface area contributed by atoms with Crippen LogP contribution in [-0.2, 0) is 11.4 Å². The van der Waals surface area contributed by atoms with Crippen LogP contribution >= 0.6 is 11.8 Å². The third-order valence-corrected chi connectivity index (χ3v) is 8.11. The molecular formula is C29H36N4O3S. The van der Waals surface area contributed by atoms with Gasteiger partial charge in [-0.1, -0.05) is 37.2 Å². The van der Waals surface area contributed by atoms with Gasteiger partial charge < -0.3 is 14.9 Å². The molecule has 2 unspecified atom stereocenters. The first kappa shape index (κ1) is 25.8. The fraction of sp³-hybridized carbons (Fsp3) is 0.448. The molecule has 7 nitrogen and oxygen atoms in total. The number of hydrogen-bond acceptors (Lipinski definition) is 8. The number of hydrogen-bond donors (Lipinski definition) is 1. The van der Waals surface area contributed by atoms with Gasteiger partial charge in [-0.25, -0.2) is 9.97 Å². The largest absolute Gasteiger partial charge is 0.493 e. The van der Waals surface area contributed by atoms with Crippen molar-refractivity contribution in [1.82, 2.24) is 14.9 Å². The Kier molecular flexibility index (Phi) is 8.81. The number of nitrogens with one attached hydrogen (secondary N) is 1. The molecule has 1 saturated heterocycles. The molecule has 0 saturated carbocycles. The molecule has 5 rings (SSSR count). The van der Waals surface area contributed by atoms with Crippen molar-refractivity contribution in [2.45, 2.75) is 56.0 Å². The van der Waals surface area contributed by atoms with Crippen LogP contribution in [0.4, 0.5) is 11.5 Å². The highest BCUT2D eigenvalue weighted by Crippen LogP contribution is 2.42. The van der Waals surface area contributed by atoms with Gasteiger partial charge >= 0.3 is 0 Å². The molecular weight excluding hydrogens is 484 g/mol. The lowest BCUT2D eigenvalue weighted by Gasteiger charge is -2.39. The zero-order valence-electron chi connectivity index (χ0n) is 21.7. The van der Waals surface area contributed by atoms with Crippen LogP contribution in [0, 0.1) is 11.8 Å². The summed E-state index contributed by atoms with van der Waals surface area (Å²) in [5.41, 5.74) is 2.47. The number of nitrogens with zero attached hydrogens (tertiary/aromatic N) is 3. The SMILES string of the molecule is CCCC1CN(Cc2ccc3c(c2)Nc2nccnc2S3)CCC1CCOc1cccc(OOCC)c1. The van der Waals surface area contributed by atoms with Crippen molar-refractivity contribution in [1.29, 1.82) is 0 Å². The molecule has 1 fully saturated rings. The summed E-state index contributed by atoms with van der Waals surface area (Å²) < 4.78 is 6.09. The van der Waals surface area contributed by atoms with Crippen molar-refractivity contribution >= 4 is 23.3 Å². The summed E-state index contributed by atoms with van der Waals surface area (Å²) >= 11 is 1.68. The minimum absolute atomic E-state index is 0.509. The van der Waals surface area contributed by atoms with E-state index in [-0.39, 0.29) is 0 Å². The lowest BCUT2D eigenvalue weighted by atomic mass is 9.80. The van der Waals surface area contributed by atoms with E-state index < -0.39 is 0 Å². The van der Waals surface area contributed by atoms with E-state index in [0.29, 0.717) is 24.2 Å². The average molecular weight is 521 g/mol. The van der Waals surface area contributed by atoms with E-state index in [2.05, 4.69) is 45.3 Å². The number of aromatic nitrogens is 2. The molecule has 37 heavy (non-hydrogen) atoms. The maximum Gasteiger partial charge on any atom is 0.169 e. The van der Waals surface area contributed by atoms with Crippen LogP contribution in [0.1, 0.15) is 45.1 Å². The Morgan fingerprint density at radius 3 is 2.81 bits per heavy atom. The first-order valence-electron chi connectivity index (χ1n) is 13.3. The molecule has 1 N–H and O–H groups in total. The van der Waals surface area contributed by atoms with Gasteiger partial charge in [0.05, 0.1) is 18.9 Å². The van der Waals surface area contributed by atoms with Crippen molar-refractivity contribution in [2.24, 2.45) is 11.8 Å². The molecule has 0 spiro atoms. The van der Waals surface area contributed by atoms with Crippen molar-refractivity contribution in [3.63, 3.8) is 0 Å². The Morgan fingerprint density at radius 1 is 1.03 bits per heavy atom. The van der Waals surface area contributed by atoms with E-state index in [0.717, 1.165) is 54.9 Å². The summed E-state index contributed by atoms with van der Waals surface area (Å²) in [5, 5.41) is 4.40. The average Bonchev–Trinajstić information content (AvgIpc) is 2.92. The monoisotopic (exact) mass is 520 g/mol. The zero-order chi connectivity index (χ0) is 25.5. The number of anilines is 2. The smallest absolute Gasteiger partial charge is 0.169 e. The minimum atomic E-state index is 0.509. The number of piperidine rings is 1. The molecule has 8 heteroatoms. The molecule has 2 aromatic carbocycles. The number of rotatable bonds is 11. The Labute approximate surface area is 223 Å². The predicted molar refractivity (Wildman–Crippen MR) is 146 cm³/mol. The second-order valence-electron chi connectivity index (χ2n) is 9.70. The summed E-state index contributed by atoms with van der Waals surface area (Å²) in [7, 11) is 0. The van der Waals surface area contributed by atoms with Crippen molar-refractivity contribution < 1.29 is 14.5 Å². The van der Waals surface area contributed by atoms with Gasteiger partial charge in [0.1, 0.15) is 10.8 Å². The van der Waals surface area contributed by atoms with Crippen LogP contribution in [0.25, 0.3) is 0 Å². The number of benzene rings is 2. The van der Waals surface area contributed by atoms with Crippen LogP contribution in [0.5, 0.6) is 11.5 Å². The lowest BCUT2D eigenvalue weighted by Crippen LogP contribution is -2.40. The lowest BCUT2D eigenvalue weighted by molar-refractivity contribution is -0.202. The van der Waals surface area contributed by atoms with Gasteiger partial charge in [-0.15, -0.1) is 0 Å². The third-order valence-electron chi connectivity index (χ3n) is 7.05. The Morgan fingerprint density at radius 2 is 1.92 bits per heavy atom. The van der Waals surface area contributed by atoms with Gasteiger partial charge in [-0.3, -0.25) is 4.90 Å². The molecule has 2 atom stereocenters. The second kappa shape index (κ2) is 12.6. The molecule has 0 amide bonds. The highest BCUT2D eigenvalue weighted by molar-refractivity contribution is 7.99. The summed E-state index contributed by atoms with van der Waals surface area (Å²) in [6.07, 6.45) is 8.24. The van der Waals surface area contributed by atoms with Crippen LogP contribution in [0.15, 0.2) is 64.8 Å². The van der Waals surface area contributed by atoms with Crippen molar-refractivity contribution in [3.05, 3.63) is 60.4 Å². The summed E-state index contributed by atoms with van der Waals surface area (Å²) in [6.45, 7) is 8.67. The van der Waals surface area contributed by atoms with E-state index in [1.54, 1.807) is 24.2 Å². The number of ether oxygens (including phenoxy) is 1. The van der Waals surface area contributed by atoms with E-state index >= 15 is 0 Å². The second-order valence-corrected chi connectivity index (χ2v) is 10.7. The van der Waals surface area contributed by atoms with Crippen LogP contribution in [-0.4, -0.2) is 41.2 Å². The van der Waals surface area contributed by atoms with E-state index in [9.17, 15) is 0 Å². The standard InChI is InChI=1S/C29H36N4O3S/c1-3-6-23-20-33(15-11-22(23)12-16-34-24-7-5-8-25(18-24)36-35-4-2)19-21-9-10-27-26(17-21)32-28-29(37-27)31-14-13-30-28/h5,7-10,13-14,17-18,22-23H,3-4,6,11-12,15-16,19-20H2,1-2H3,(H,30,32). The Balaban J connectivity index is 1.14. The molecule has 196 valence electrons. The minimum Gasteiger partial charge on any atom is -0.493 e. The quantitative estimate of drug-likeness (QED) is 0.173. The van der Waals surface area contributed by atoms with Crippen LogP contribution < -0.4 is 14.9 Å². The molecule has 2 aliphatic heterocycles. The Hall–Kier alpha value is -2.81. The number of likely N-dealkylation sites (tertiary alicyclic amines) is 1. The van der Waals surface area contributed by atoms with Crippen molar-refractivity contribution in [2.75, 3.05) is 31.6 Å². The molecule has 3 heterocycles. The third kappa shape index (κ3) is 6.74.